The maximum Gasteiger partial charge on any atom is 0.181 e. The van der Waals surface area contributed by atoms with Crippen molar-refractivity contribution in [3.05, 3.63) is 296 Å². The number of rotatable bonds is 9. The van der Waals surface area contributed by atoms with Crippen LogP contribution in [0.15, 0.2) is 245 Å². The van der Waals surface area contributed by atoms with Crippen molar-refractivity contribution >= 4 is 98.0 Å². The third kappa shape index (κ3) is 24.8. The first-order valence-electron chi connectivity index (χ1n) is 39.6. The highest BCUT2D eigenvalue weighted by Crippen LogP contribution is 2.27. The van der Waals surface area contributed by atoms with E-state index in [1.54, 1.807) is 74.4 Å². The molecule has 0 bridgehead atoms. The molecule has 0 unspecified atom stereocenters. The second-order valence-corrected chi connectivity index (χ2v) is 30.8. The van der Waals surface area contributed by atoms with Crippen LogP contribution in [0.1, 0.15) is 228 Å². The van der Waals surface area contributed by atoms with Gasteiger partial charge in [0.05, 0.1) is 114 Å². The standard InChI is InChI=1S/4C11H12N2.5C10H11N3/c1-8(2)9-3-4-10-6-12-13-7-11(10)5-9;1-8(2)10-4-3-9-5-6-12-13-11(9)7-10;1-8(2)9-5-7-12-10-4-3-6-13-11(9)10;1-8(2)10-5-3-4-9-6-12-13-7-11(9)10;1-7(2)10-3-8-5-12-13-6-9(8)4-11-10;1-7(2)8-3-9-5-12-13-6-10(9)11-4-8;1-7(2)9-5-10-8(6-11-9)3-4-12-13-10;1-7(2)9-4-3-8-5-11-12-6-10(8)13-9;1-7(2)9-4-3-8-5-6-11-13-10(8)12-9/h4*3-8H,1-2H3;5*3-7H,1-2H3. The highest BCUT2D eigenvalue weighted by atomic mass is 15.1. The van der Waals surface area contributed by atoms with Crippen LogP contribution in [-0.4, -0.2) is 116 Å². The fraction of sp³-hybridized carbons (Fsp3) is 0.287. The fourth-order valence-corrected chi connectivity index (χ4v) is 11.8. The normalized spacial score (nSPS) is 11.0. The minimum absolute atomic E-state index is 0.436. The van der Waals surface area contributed by atoms with Crippen molar-refractivity contribution in [3.8, 4) is 0 Å². The number of pyridine rings is 7. The molecule has 23 heteroatoms. The van der Waals surface area contributed by atoms with Gasteiger partial charge in [-0.1, -0.05) is 167 Å². The van der Waals surface area contributed by atoms with E-state index in [0.29, 0.717) is 53.3 Å². The molecule has 0 aliphatic carbocycles. The summed E-state index contributed by atoms with van der Waals surface area (Å²) in [6.45, 7) is 38.7. The molecule has 0 spiro atoms. The Bertz CT molecular complexity index is 5240. The molecule has 23 nitrogen and oxygen atoms in total. The van der Waals surface area contributed by atoms with Crippen molar-refractivity contribution in [2.45, 2.75) is 178 Å². The summed E-state index contributed by atoms with van der Waals surface area (Å²) in [5.74, 6) is 4.44. The Labute approximate surface area is 684 Å². The van der Waals surface area contributed by atoms with E-state index in [4.69, 9.17) is 0 Å². The Hall–Kier alpha value is -13.3. The van der Waals surface area contributed by atoms with Crippen LogP contribution in [0.2, 0.25) is 0 Å². The Balaban J connectivity index is 0.000000139. The second-order valence-electron chi connectivity index (χ2n) is 30.8. The molecule has 0 radical (unpaired) electrons. The molecular formula is C94H103N23. The molecule has 0 N–H and O–H groups in total. The smallest absolute Gasteiger partial charge is 0.181 e. The average Bonchev–Trinajstić information content (AvgIpc) is 0.785. The molecule has 18 rings (SSSR count). The number of hydrogen-bond acceptors (Lipinski definition) is 23. The monoisotopic (exact) mass is 1550 g/mol. The lowest BCUT2D eigenvalue weighted by Crippen LogP contribution is -1.94. The molecule has 0 atom stereocenters. The lowest BCUT2D eigenvalue weighted by Gasteiger charge is -2.07. The van der Waals surface area contributed by atoms with Crippen LogP contribution in [-0.2, 0) is 0 Å². The highest BCUT2D eigenvalue weighted by molar-refractivity contribution is 5.86. The molecule has 0 saturated carbocycles. The van der Waals surface area contributed by atoms with Gasteiger partial charge in [0, 0.05) is 113 Å². The Morgan fingerprint density at radius 1 is 0.205 bits per heavy atom. The van der Waals surface area contributed by atoms with Gasteiger partial charge in [0.1, 0.15) is 0 Å². The van der Waals surface area contributed by atoms with Crippen LogP contribution in [0.4, 0.5) is 0 Å². The van der Waals surface area contributed by atoms with Gasteiger partial charge in [-0.25, -0.2) is 4.98 Å². The lowest BCUT2D eigenvalue weighted by molar-refractivity contribution is 0.824. The molecular weight excluding hydrogens is 1450 g/mol. The summed E-state index contributed by atoms with van der Waals surface area (Å²) in [6, 6.07) is 45.1. The summed E-state index contributed by atoms with van der Waals surface area (Å²) in [4.78, 5) is 30.5. The Morgan fingerprint density at radius 3 is 1.32 bits per heavy atom. The predicted molar refractivity (Wildman–Crippen MR) is 472 cm³/mol. The summed E-state index contributed by atoms with van der Waals surface area (Å²) in [7, 11) is 0. The molecule has 0 aliphatic heterocycles. The summed E-state index contributed by atoms with van der Waals surface area (Å²) in [5, 5.41) is 74.1. The molecule has 15 aromatic heterocycles. The molecule has 15 heterocycles. The zero-order valence-electron chi connectivity index (χ0n) is 70.1. The summed E-state index contributed by atoms with van der Waals surface area (Å²) >= 11 is 0. The minimum Gasteiger partial charge on any atom is -0.260 e. The van der Waals surface area contributed by atoms with Gasteiger partial charge >= 0.3 is 0 Å². The van der Waals surface area contributed by atoms with Gasteiger partial charge in [-0.3, -0.25) is 29.9 Å². The summed E-state index contributed by atoms with van der Waals surface area (Å²) < 4.78 is 0. The van der Waals surface area contributed by atoms with Crippen LogP contribution in [0.5, 0.6) is 0 Å². The maximum atomic E-state index is 4.47. The number of aromatic nitrogens is 23. The number of hydrogen-bond donors (Lipinski definition) is 0. The topological polar surface area (TPSA) is 296 Å². The molecule has 117 heavy (non-hydrogen) atoms. The van der Waals surface area contributed by atoms with Crippen molar-refractivity contribution in [2.24, 2.45) is 0 Å². The highest BCUT2D eigenvalue weighted by Gasteiger charge is 2.11. The van der Waals surface area contributed by atoms with Crippen LogP contribution >= 0.6 is 0 Å². The van der Waals surface area contributed by atoms with Crippen molar-refractivity contribution in [2.75, 3.05) is 0 Å². The van der Waals surface area contributed by atoms with Crippen LogP contribution < -0.4 is 0 Å². The van der Waals surface area contributed by atoms with Gasteiger partial charge in [-0.2, -0.15) is 76.5 Å². The van der Waals surface area contributed by atoms with Crippen LogP contribution in [0, 0.1) is 0 Å². The first-order valence-corrected chi connectivity index (χ1v) is 39.6. The third-order valence-corrected chi connectivity index (χ3v) is 19.0. The number of fused-ring (bicyclic) bond motifs is 9. The summed E-state index contributed by atoms with van der Waals surface area (Å²) in [5.41, 5.74) is 17.3. The SMILES string of the molecule is CC(C)c1cc2cnncc2cn1.CC(C)c1cc2nnccc2cn1.CC(C)c1ccc2ccnnc2c1.CC(C)c1ccc2ccnnc2n1.CC(C)c1ccc2cnncc2c1.CC(C)c1ccc2cnncc2n1.CC(C)c1cccc2cnncc12.CC(C)c1ccnc2cccnc12.CC(C)c1cnc2cnncc2c1. The summed E-state index contributed by atoms with van der Waals surface area (Å²) in [6.07, 6.45) is 31.9. The molecule has 3 aromatic carbocycles. The van der Waals surface area contributed by atoms with Crippen LogP contribution in [0.25, 0.3) is 98.0 Å². The van der Waals surface area contributed by atoms with Gasteiger partial charge in [-0.05, 0) is 172 Å². The van der Waals surface area contributed by atoms with Crippen molar-refractivity contribution in [3.63, 3.8) is 0 Å². The first kappa shape index (κ1) is 86.1. The number of nitrogens with zero attached hydrogens (tertiary/aromatic N) is 23. The van der Waals surface area contributed by atoms with Gasteiger partial charge in [-0.15, -0.1) is 5.10 Å². The molecule has 0 amide bonds. The quantitative estimate of drug-likeness (QED) is 0.130. The van der Waals surface area contributed by atoms with E-state index < -0.39 is 0 Å². The van der Waals surface area contributed by atoms with Crippen molar-refractivity contribution in [1.82, 2.24) is 116 Å². The predicted octanol–water partition coefficient (Wildman–Crippen LogP) is 21.8. The van der Waals surface area contributed by atoms with E-state index in [-0.39, 0.29) is 0 Å². The van der Waals surface area contributed by atoms with E-state index in [1.807, 2.05) is 104 Å². The van der Waals surface area contributed by atoms with E-state index in [9.17, 15) is 0 Å². The lowest BCUT2D eigenvalue weighted by atomic mass is 9.98. The second kappa shape index (κ2) is 42.7. The average molecular weight is 1560 g/mol. The fourth-order valence-electron chi connectivity index (χ4n) is 11.8. The van der Waals surface area contributed by atoms with E-state index in [0.717, 1.165) is 105 Å². The van der Waals surface area contributed by atoms with Gasteiger partial charge in [0.2, 0.25) is 0 Å². The largest absolute Gasteiger partial charge is 0.260 e. The number of benzene rings is 3. The first-order chi connectivity index (χ1) is 56.5. The van der Waals surface area contributed by atoms with Crippen LogP contribution in [0.3, 0.4) is 0 Å². The zero-order valence-corrected chi connectivity index (χ0v) is 70.1. The molecule has 0 fully saturated rings. The van der Waals surface area contributed by atoms with Gasteiger partial charge < -0.3 is 0 Å². The van der Waals surface area contributed by atoms with E-state index in [2.05, 4.69) is 308 Å². The van der Waals surface area contributed by atoms with E-state index in [1.165, 1.54) is 44.0 Å². The third-order valence-electron chi connectivity index (χ3n) is 19.0. The Morgan fingerprint density at radius 2 is 0.684 bits per heavy atom. The maximum absolute atomic E-state index is 4.47. The molecule has 18 aromatic rings. The van der Waals surface area contributed by atoms with Crippen molar-refractivity contribution in [1.29, 1.82) is 0 Å². The van der Waals surface area contributed by atoms with Gasteiger partial charge in [0.15, 0.2) is 5.65 Å². The van der Waals surface area contributed by atoms with E-state index >= 15 is 0 Å². The molecule has 594 valence electrons. The van der Waals surface area contributed by atoms with Gasteiger partial charge in [0.25, 0.3) is 0 Å². The van der Waals surface area contributed by atoms with Crippen molar-refractivity contribution < 1.29 is 0 Å². The zero-order chi connectivity index (χ0) is 83.3. The minimum atomic E-state index is 0.436. The molecule has 0 aliphatic rings. The molecule has 0 saturated heterocycles. The Kier molecular flexibility index (Phi) is 31.4.